The van der Waals surface area contributed by atoms with Gasteiger partial charge in [0.05, 0.1) is 12.2 Å². The topological polar surface area (TPSA) is 84.0 Å². The summed E-state index contributed by atoms with van der Waals surface area (Å²) < 4.78 is 11.1. The van der Waals surface area contributed by atoms with Crippen LogP contribution in [0.1, 0.15) is 24.5 Å². The molecule has 1 N–H and O–H groups in total. The first-order chi connectivity index (χ1) is 12.8. The van der Waals surface area contributed by atoms with E-state index in [0.29, 0.717) is 35.2 Å². The number of fused-ring (bicyclic) bond motifs is 1. The number of nitrogens with zero attached hydrogens (tertiary/aromatic N) is 3. The Morgan fingerprint density at radius 3 is 3.08 bits per heavy atom. The zero-order valence-corrected chi connectivity index (χ0v) is 14.5. The minimum absolute atomic E-state index is 0.391. The number of rotatable bonds is 5. The van der Waals surface area contributed by atoms with Crippen molar-refractivity contribution >= 4 is 5.69 Å². The van der Waals surface area contributed by atoms with Gasteiger partial charge in [0.2, 0.25) is 5.82 Å². The van der Waals surface area contributed by atoms with Crippen molar-refractivity contribution in [2.24, 2.45) is 0 Å². The predicted molar refractivity (Wildman–Crippen MR) is 97.9 cm³/mol. The quantitative estimate of drug-likeness (QED) is 0.751. The normalized spacial score (nSPS) is 12.3. The third-order valence-corrected chi connectivity index (χ3v) is 4.34. The van der Waals surface area contributed by atoms with E-state index in [1.807, 2.05) is 25.1 Å². The Morgan fingerprint density at radius 2 is 2.23 bits per heavy atom. The van der Waals surface area contributed by atoms with Gasteiger partial charge in [-0.15, -0.1) is 0 Å². The van der Waals surface area contributed by atoms with E-state index in [2.05, 4.69) is 27.6 Å². The summed E-state index contributed by atoms with van der Waals surface area (Å²) in [5.41, 5.74) is 4.47. The third-order valence-electron chi connectivity index (χ3n) is 4.34. The summed E-state index contributed by atoms with van der Waals surface area (Å²) in [7, 11) is 0. The monoisotopic (exact) mass is 346 g/mol. The van der Waals surface area contributed by atoms with E-state index < -0.39 is 0 Å². The number of nitrogens with one attached hydrogen (secondary N) is 1. The van der Waals surface area contributed by atoms with E-state index in [0.717, 1.165) is 30.6 Å². The molecule has 0 saturated carbocycles. The number of aromatic nitrogens is 2. The number of hydrogen-bond donors (Lipinski definition) is 1. The zero-order valence-electron chi connectivity index (χ0n) is 14.5. The lowest BCUT2D eigenvalue weighted by molar-refractivity contribution is 0.316. The van der Waals surface area contributed by atoms with Gasteiger partial charge in [-0.25, -0.2) is 0 Å². The molecule has 0 amide bonds. The number of anilines is 1. The fourth-order valence-corrected chi connectivity index (χ4v) is 3.09. The van der Waals surface area contributed by atoms with Gasteiger partial charge in [-0.3, -0.25) is 0 Å². The van der Waals surface area contributed by atoms with E-state index in [4.69, 9.17) is 9.26 Å². The summed E-state index contributed by atoms with van der Waals surface area (Å²) in [5, 5.41) is 16.9. The first-order valence-corrected chi connectivity index (χ1v) is 8.67. The maximum Gasteiger partial charge on any atom is 0.258 e. The lowest BCUT2D eigenvalue weighted by atomic mass is 10.0. The van der Waals surface area contributed by atoms with Gasteiger partial charge in [0.25, 0.3) is 5.89 Å². The minimum atomic E-state index is 0.391. The molecule has 1 aliphatic heterocycles. The fourth-order valence-electron chi connectivity index (χ4n) is 3.09. The second-order valence-electron chi connectivity index (χ2n) is 6.10. The summed E-state index contributed by atoms with van der Waals surface area (Å²) >= 11 is 0. The van der Waals surface area contributed by atoms with Crippen LogP contribution in [0.15, 0.2) is 40.9 Å². The van der Waals surface area contributed by atoms with E-state index in [9.17, 15) is 5.26 Å². The van der Waals surface area contributed by atoms with Crippen LogP contribution >= 0.6 is 0 Å². The summed E-state index contributed by atoms with van der Waals surface area (Å²) in [6.07, 6.45) is 1.83. The van der Waals surface area contributed by atoms with Crippen molar-refractivity contribution in [3.05, 3.63) is 47.5 Å². The van der Waals surface area contributed by atoms with Gasteiger partial charge < -0.3 is 14.6 Å². The Morgan fingerprint density at radius 1 is 1.31 bits per heavy atom. The molecule has 4 rings (SSSR count). The van der Waals surface area contributed by atoms with Crippen molar-refractivity contribution in [1.82, 2.24) is 10.1 Å². The number of hydrogen-bond acceptors (Lipinski definition) is 6. The van der Waals surface area contributed by atoms with Gasteiger partial charge >= 0.3 is 0 Å². The van der Waals surface area contributed by atoms with Gasteiger partial charge in [-0.1, -0.05) is 24.2 Å². The van der Waals surface area contributed by atoms with Crippen molar-refractivity contribution in [1.29, 1.82) is 5.26 Å². The zero-order chi connectivity index (χ0) is 17.9. The highest BCUT2D eigenvalue weighted by molar-refractivity contribution is 5.73. The van der Waals surface area contributed by atoms with Crippen molar-refractivity contribution in [2.75, 3.05) is 18.5 Å². The number of nitriles is 1. The van der Waals surface area contributed by atoms with Crippen molar-refractivity contribution in [2.45, 2.75) is 19.8 Å². The molecule has 3 aromatic rings. The van der Waals surface area contributed by atoms with Crippen molar-refractivity contribution < 1.29 is 9.26 Å². The maximum absolute atomic E-state index is 9.37. The largest absolute Gasteiger partial charge is 0.492 e. The lowest BCUT2D eigenvalue weighted by Gasteiger charge is -2.06. The van der Waals surface area contributed by atoms with Gasteiger partial charge in [-0.2, -0.15) is 10.2 Å². The number of benzene rings is 2. The van der Waals surface area contributed by atoms with E-state index in [-0.39, 0.29) is 0 Å². The summed E-state index contributed by atoms with van der Waals surface area (Å²) in [6, 6.07) is 13.5. The molecular formula is C20H18N4O2. The van der Waals surface area contributed by atoms with Crippen LogP contribution in [0.25, 0.3) is 22.8 Å². The van der Waals surface area contributed by atoms with Crippen LogP contribution in [0.2, 0.25) is 0 Å². The molecule has 0 unspecified atom stereocenters. The Balaban J connectivity index is 1.67. The van der Waals surface area contributed by atoms with E-state index in [1.54, 1.807) is 12.1 Å². The van der Waals surface area contributed by atoms with Crippen LogP contribution < -0.4 is 10.1 Å². The molecule has 1 aromatic heterocycles. The van der Waals surface area contributed by atoms with Crippen LogP contribution in [0, 0.1) is 11.3 Å². The van der Waals surface area contributed by atoms with Crippen LogP contribution in [-0.4, -0.2) is 23.3 Å². The Bertz CT molecular complexity index is 988. The summed E-state index contributed by atoms with van der Waals surface area (Å²) in [4.78, 5) is 4.54. The molecule has 0 saturated heterocycles. The summed E-state index contributed by atoms with van der Waals surface area (Å²) in [5.74, 6) is 1.53. The second-order valence-corrected chi connectivity index (χ2v) is 6.10. The van der Waals surface area contributed by atoms with Crippen LogP contribution in [0.3, 0.4) is 0 Å². The second kappa shape index (κ2) is 6.89. The van der Waals surface area contributed by atoms with Crippen LogP contribution in [0.5, 0.6) is 5.75 Å². The van der Waals surface area contributed by atoms with Gasteiger partial charge in [0, 0.05) is 23.4 Å². The Kier molecular flexibility index (Phi) is 4.28. The molecule has 2 heterocycles. The van der Waals surface area contributed by atoms with E-state index >= 15 is 0 Å². The number of ether oxygens (including phenoxy) is 1. The van der Waals surface area contributed by atoms with Crippen molar-refractivity contribution in [3.63, 3.8) is 0 Å². The SMILES string of the molecule is CCCOc1ccc(-c2nc(-c3cccc4c3CCN4)no2)cc1C#N. The van der Waals surface area contributed by atoms with Crippen LogP contribution in [0.4, 0.5) is 5.69 Å². The molecule has 2 aromatic carbocycles. The highest BCUT2D eigenvalue weighted by Gasteiger charge is 2.19. The average Bonchev–Trinajstić information content (AvgIpc) is 3.35. The molecule has 0 bridgehead atoms. The molecule has 6 nitrogen and oxygen atoms in total. The molecule has 0 atom stereocenters. The third kappa shape index (κ3) is 2.88. The predicted octanol–water partition coefficient (Wildman–Crippen LogP) is 4.03. The Labute approximate surface area is 151 Å². The Hall–Kier alpha value is -3.33. The average molecular weight is 346 g/mol. The van der Waals surface area contributed by atoms with Gasteiger partial charge in [-0.05, 0) is 42.7 Å². The first-order valence-electron chi connectivity index (χ1n) is 8.67. The summed E-state index contributed by atoms with van der Waals surface area (Å²) in [6.45, 7) is 3.52. The maximum atomic E-state index is 9.37. The molecule has 0 radical (unpaired) electrons. The molecule has 6 heteroatoms. The first kappa shape index (κ1) is 16.2. The highest BCUT2D eigenvalue weighted by Crippen LogP contribution is 2.33. The highest BCUT2D eigenvalue weighted by atomic mass is 16.5. The smallest absolute Gasteiger partial charge is 0.258 e. The molecule has 1 aliphatic rings. The molecule has 130 valence electrons. The fraction of sp³-hybridized carbons (Fsp3) is 0.250. The van der Waals surface area contributed by atoms with Crippen molar-refractivity contribution in [3.8, 4) is 34.7 Å². The van der Waals surface area contributed by atoms with Gasteiger partial charge in [0.1, 0.15) is 11.8 Å². The molecule has 0 spiro atoms. The molecule has 0 fully saturated rings. The molecular weight excluding hydrogens is 328 g/mol. The standard InChI is InChI=1S/C20H18N4O2/c1-2-10-25-18-7-6-13(11-14(18)12-21)20-23-19(24-26-20)16-4-3-5-17-15(16)8-9-22-17/h3-7,11,22H,2,8-10H2,1H3. The molecule has 0 aliphatic carbocycles. The van der Waals surface area contributed by atoms with Crippen LogP contribution in [-0.2, 0) is 6.42 Å². The van der Waals surface area contributed by atoms with Gasteiger partial charge in [0.15, 0.2) is 0 Å². The minimum Gasteiger partial charge on any atom is -0.492 e. The lowest BCUT2D eigenvalue weighted by Crippen LogP contribution is -1.97. The molecule has 26 heavy (non-hydrogen) atoms. The van der Waals surface area contributed by atoms with E-state index in [1.165, 1.54) is 5.56 Å².